The van der Waals surface area contributed by atoms with Crippen molar-refractivity contribution in [3.63, 3.8) is 0 Å². The van der Waals surface area contributed by atoms with Crippen LogP contribution in [-0.4, -0.2) is 71.0 Å². The first-order valence-corrected chi connectivity index (χ1v) is 14.6. The fourth-order valence-electron chi connectivity index (χ4n) is 5.05. The first-order valence-electron chi connectivity index (χ1n) is 13.1. The number of nitrogens with one attached hydrogen (secondary N) is 1. The summed E-state index contributed by atoms with van der Waals surface area (Å²) in [5.74, 6) is -0.213. The molecule has 1 aliphatic carbocycles. The van der Waals surface area contributed by atoms with E-state index in [1.807, 2.05) is 0 Å². The number of benzene rings is 2. The minimum absolute atomic E-state index is 0.00196. The highest BCUT2D eigenvalue weighted by molar-refractivity contribution is 7.93. The second-order valence-corrected chi connectivity index (χ2v) is 12.3. The molecule has 1 saturated heterocycles. The van der Waals surface area contributed by atoms with Crippen molar-refractivity contribution in [2.75, 3.05) is 19.7 Å². The monoisotopic (exact) mass is 569 g/mol. The predicted molar refractivity (Wildman–Crippen MR) is 142 cm³/mol. The number of nitrogens with zero attached hydrogens (tertiary/aromatic N) is 3. The van der Waals surface area contributed by atoms with Gasteiger partial charge in [-0.3, -0.25) is 14.8 Å². The molecular formula is C27H31N5O7S. The van der Waals surface area contributed by atoms with Gasteiger partial charge in [-0.05, 0) is 68.5 Å². The number of nitrogens with two attached hydrogens (primary N) is 1. The van der Waals surface area contributed by atoms with Crippen molar-refractivity contribution in [1.82, 2.24) is 20.5 Å². The highest BCUT2D eigenvalue weighted by Gasteiger charge is 2.54. The molecular weight excluding hydrogens is 538 g/mol. The molecule has 5 rings (SSSR count). The van der Waals surface area contributed by atoms with Crippen LogP contribution < -0.4 is 16.0 Å². The van der Waals surface area contributed by atoms with Gasteiger partial charge in [0.05, 0.1) is 11.5 Å². The molecule has 3 aromatic rings. The standard InChI is InChI=1S/C27H31N5O7S/c28-24(33)18-3-1-4-19(17-18)25-29-23(39-31-25)5-2-16-38-21-8-10-22(11-9-21)40(36,37)27(26(34)30-35)12-14-32(15-13-27)20-6-7-20/h1,3-4,8-11,17,20,35H,2,5-7,12-16H2,(H2,28,33)(H,30,34). The number of hydrogen-bond donors (Lipinski definition) is 3. The molecule has 12 nitrogen and oxygen atoms in total. The molecule has 1 aromatic heterocycles. The summed E-state index contributed by atoms with van der Waals surface area (Å²) in [7, 11) is -4.08. The number of rotatable bonds is 11. The maximum absolute atomic E-state index is 13.6. The number of hydrogen-bond acceptors (Lipinski definition) is 10. The molecule has 2 heterocycles. The zero-order valence-electron chi connectivity index (χ0n) is 21.8. The highest BCUT2D eigenvalue weighted by atomic mass is 32.2. The van der Waals surface area contributed by atoms with E-state index in [0.717, 1.165) is 12.8 Å². The van der Waals surface area contributed by atoms with E-state index in [2.05, 4.69) is 15.0 Å². The van der Waals surface area contributed by atoms with Crippen LogP contribution >= 0.6 is 0 Å². The molecule has 4 N–H and O–H groups in total. The zero-order chi connectivity index (χ0) is 28.3. The van der Waals surface area contributed by atoms with Crippen molar-refractivity contribution >= 4 is 21.7 Å². The maximum atomic E-state index is 13.6. The first-order chi connectivity index (χ1) is 19.2. The number of piperidine rings is 1. The molecule has 1 aliphatic heterocycles. The summed E-state index contributed by atoms with van der Waals surface area (Å²) in [5.41, 5.74) is 7.88. The number of ether oxygens (including phenoxy) is 1. The Balaban J connectivity index is 1.17. The molecule has 2 aliphatic rings. The molecule has 0 unspecified atom stereocenters. The Morgan fingerprint density at radius 2 is 1.88 bits per heavy atom. The van der Waals surface area contributed by atoms with Crippen molar-refractivity contribution in [1.29, 1.82) is 0 Å². The van der Waals surface area contributed by atoms with Crippen LogP contribution in [0.4, 0.5) is 0 Å². The van der Waals surface area contributed by atoms with Gasteiger partial charge < -0.3 is 19.9 Å². The summed E-state index contributed by atoms with van der Waals surface area (Å²) in [6.07, 6.45) is 3.42. The fraction of sp³-hybridized carbons (Fsp3) is 0.407. The molecule has 0 spiro atoms. The SMILES string of the molecule is NC(=O)c1cccc(-c2noc(CCCOc3ccc(S(=O)(=O)C4(C(=O)NO)CCN(C5CC5)CC4)cc3)n2)c1. The quantitative estimate of drug-likeness (QED) is 0.176. The molecule has 0 bridgehead atoms. The average molecular weight is 570 g/mol. The Labute approximate surface area is 231 Å². The second kappa shape index (κ2) is 11.4. The smallest absolute Gasteiger partial charge is 0.265 e. The number of primary amides is 1. The summed E-state index contributed by atoms with van der Waals surface area (Å²) in [6, 6.07) is 13.1. The van der Waals surface area contributed by atoms with E-state index in [0.29, 0.717) is 67.2 Å². The van der Waals surface area contributed by atoms with Crippen LogP contribution in [0.2, 0.25) is 0 Å². The Morgan fingerprint density at radius 3 is 2.52 bits per heavy atom. The van der Waals surface area contributed by atoms with E-state index in [1.54, 1.807) is 41.9 Å². The minimum Gasteiger partial charge on any atom is -0.494 e. The molecule has 1 saturated carbocycles. The van der Waals surface area contributed by atoms with E-state index in [9.17, 15) is 23.2 Å². The Morgan fingerprint density at radius 1 is 1.15 bits per heavy atom. The number of likely N-dealkylation sites (tertiary alicyclic amines) is 1. The van der Waals surface area contributed by atoms with Gasteiger partial charge >= 0.3 is 0 Å². The normalized spacial score (nSPS) is 17.3. The van der Waals surface area contributed by atoms with Gasteiger partial charge in [-0.1, -0.05) is 17.3 Å². The van der Waals surface area contributed by atoms with Gasteiger partial charge in [0.1, 0.15) is 5.75 Å². The van der Waals surface area contributed by atoms with Gasteiger partial charge in [-0.25, -0.2) is 13.9 Å². The van der Waals surface area contributed by atoms with Crippen molar-refractivity contribution in [3.8, 4) is 17.1 Å². The van der Waals surface area contributed by atoms with Crippen LogP contribution in [0.25, 0.3) is 11.4 Å². The molecule has 2 amide bonds. The number of aromatic nitrogens is 2. The van der Waals surface area contributed by atoms with Crippen LogP contribution in [-0.2, 0) is 21.1 Å². The van der Waals surface area contributed by atoms with Gasteiger partial charge in [-0.2, -0.15) is 4.98 Å². The van der Waals surface area contributed by atoms with Crippen LogP contribution in [0.1, 0.15) is 48.4 Å². The highest BCUT2D eigenvalue weighted by Crippen LogP contribution is 2.39. The number of amides is 2. The van der Waals surface area contributed by atoms with Crippen LogP contribution in [0.15, 0.2) is 57.9 Å². The lowest BCUT2D eigenvalue weighted by molar-refractivity contribution is -0.133. The average Bonchev–Trinajstić information content (AvgIpc) is 3.72. The van der Waals surface area contributed by atoms with E-state index >= 15 is 0 Å². The van der Waals surface area contributed by atoms with E-state index in [1.165, 1.54) is 12.1 Å². The van der Waals surface area contributed by atoms with Crippen molar-refractivity contribution < 1.29 is 32.5 Å². The summed E-state index contributed by atoms with van der Waals surface area (Å²) in [4.78, 5) is 30.6. The van der Waals surface area contributed by atoms with Gasteiger partial charge in [0, 0.05) is 36.7 Å². The van der Waals surface area contributed by atoms with Gasteiger partial charge in [-0.15, -0.1) is 0 Å². The Bertz CT molecular complexity index is 1480. The Hall–Kier alpha value is -3.81. The molecule has 2 aromatic carbocycles. The molecule has 0 atom stereocenters. The summed E-state index contributed by atoms with van der Waals surface area (Å²) < 4.78 is 36.5. The number of aryl methyl sites for hydroxylation is 1. The van der Waals surface area contributed by atoms with Gasteiger partial charge in [0.2, 0.25) is 17.6 Å². The number of carbonyl (C=O) groups is 2. The molecule has 13 heteroatoms. The van der Waals surface area contributed by atoms with E-state index in [4.69, 9.17) is 15.0 Å². The third kappa shape index (κ3) is 5.58. The van der Waals surface area contributed by atoms with Gasteiger partial charge in [0.25, 0.3) is 5.91 Å². The lowest BCUT2D eigenvalue weighted by atomic mass is 9.94. The maximum Gasteiger partial charge on any atom is 0.265 e. The summed E-state index contributed by atoms with van der Waals surface area (Å²) in [6.45, 7) is 1.29. The molecule has 40 heavy (non-hydrogen) atoms. The topological polar surface area (TPSA) is 178 Å². The first kappa shape index (κ1) is 27.7. The lowest BCUT2D eigenvalue weighted by Crippen LogP contribution is -2.58. The number of sulfone groups is 1. The largest absolute Gasteiger partial charge is 0.494 e. The zero-order valence-corrected chi connectivity index (χ0v) is 22.6. The minimum atomic E-state index is -4.08. The Kier molecular flexibility index (Phi) is 7.88. The third-order valence-electron chi connectivity index (χ3n) is 7.51. The van der Waals surface area contributed by atoms with E-state index < -0.39 is 26.4 Å². The van der Waals surface area contributed by atoms with Crippen molar-refractivity contribution in [3.05, 3.63) is 60.0 Å². The van der Waals surface area contributed by atoms with E-state index in [-0.39, 0.29) is 17.7 Å². The molecule has 212 valence electrons. The third-order valence-corrected chi connectivity index (χ3v) is 10.0. The summed E-state index contributed by atoms with van der Waals surface area (Å²) in [5, 5.41) is 13.3. The second-order valence-electron chi connectivity index (χ2n) is 10.1. The van der Waals surface area contributed by atoms with Crippen LogP contribution in [0.3, 0.4) is 0 Å². The van der Waals surface area contributed by atoms with Crippen LogP contribution in [0.5, 0.6) is 5.75 Å². The molecule has 2 fully saturated rings. The van der Waals surface area contributed by atoms with Crippen LogP contribution in [0, 0.1) is 0 Å². The lowest BCUT2D eigenvalue weighted by Gasteiger charge is -2.39. The van der Waals surface area contributed by atoms with Crippen molar-refractivity contribution in [2.45, 2.75) is 54.2 Å². The van der Waals surface area contributed by atoms with Crippen molar-refractivity contribution in [2.24, 2.45) is 5.73 Å². The molecule has 0 radical (unpaired) electrons. The number of carbonyl (C=O) groups excluding carboxylic acids is 2. The predicted octanol–water partition coefficient (Wildman–Crippen LogP) is 2.12. The van der Waals surface area contributed by atoms with Gasteiger partial charge in [0.15, 0.2) is 14.6 Å². The number of hydroxylamine groups is 1. The fourth-order valence-corrected chi connectivity index (χ4v) is 7.00. The summed E-state index contributed by atoms with van der Waals surface area (Å²) >= 11 is 0.